The number of benzene rings is 2. The molecular weight excluding hydrogens is 423 g/mol. The minimum absolute atomic E-state index is 0.00841. The van der Waals surface area contributed by atoms with Gasteiger partial charge in [0.1, 0.15) is 23.9 Å². The van der Waals surface area contributed by atoms with E-state index < -0.39 is 23.5 Å². The molecule has 1 N–H and O–H groups in total. The van der Waals surface area contributed by atoms with E-state index in [1.807, 2.05) is 13.8 Å². The minimum atomic E-state index is -0.765. The van der Waals surface area contributed by atoms with Crippen molar-refractivity contribution in [3.8, 4) is 5.75 Å². The third-order valence-electron chi connectivity index (χ3n) is 5.77. The number of aliphatic hydroxyl groups excluding tert-OH is 1. The molecule has 0 spiro atoms. The summed E-state index contributed by atoms with van der Waals surface area (Å²) >= 11 is 0. The maximum Gasteiger partial charge on any atom is 0.295 e. The Morgan fingerprint density at radius 1 is 1.12 bits per heavy atom. The van der Waals surface area contributed by atoms with Crippen LogP contribution in [0.15, 0.2) is 66.8 Å². The second-order valence-corrected chi connectivity index (χ2v) is 7.69. The summed E-state index contributed by atoms with van der Waals surface area (Å²) in [4.78, 5) is 29.7. The standard InChI is InChI=1S/C26H29FN2O4/c1-4-17-33-21-13-9-18(10-14-21)23-22(24(30)19-7-11-20(27)12-8-19)25(31)26(32)29(23)16-15-28(5-2)6-3/h4,7-14,23,30H,1,5-6,15-17H2,2-3H3/b24-22-. The molecule has 1 saturated heterocycles. The number of likely N-dealkylation sites (N-methyl/N-ethyl adjacent to an activating group) is 1. The molecule has 1 unspecified atom stereocenters. The van der Waals surface area contributed by atoms with E-state index >= 15 is 0 Å². The molecule has 1 aliphatic heterocycles. The Bertz CT molecular complexity index is 1030. The second-order valence-electron chi connectivity index (χ2n) is 7.69. The highest BCUT2D eigenvalue weighted by Gasteiger charge is 2.45. The molecule has 0 saturated carbocycles. The molecule has 3 rings (SSSR count). The molecule has 0 aliphatic carbocycles. The minimum Gasteiger partial charge on any atom is -0.507 e. The first-order valence-corrected chi connectivity index (χ1v) is 11.0. The summed E-state index contributed by atoms with van der Waals surface area (Å²) in [5.41, 5.74) is 0.934. The van der Waals surface area contributed by atoms with Gasteiger partial charge in [-0.05, 0) is 55.1 Å². The molecule has 1 atom stereocenters. The van der Waals surface area contributed by atoms with E-state index in [9.17, 15) is 19.1 Å². The Labute approximate surface area is 193 Å². The van der Waals surface area contributed by atoms with E-state index in [0.717, 1.165) is 13.1 Å². The van der Waals surface area contributed by atoms with Gasteiger partial charge in [-0.1, -0.05) is 38.6 Å². The maximum atomic E-state index is 13.4. The number of aliphatic hydroxyl groups is 1. The van der Waals surface area contributed by atoms with Crippen LogP contribution in [-0.2, 0) is 9.59 Å². The van der Waals surface area contributed by atoms with Gasteiger partial charge in [-0.3, -0.25) is 9.59 Å². The van der Waals surface area contributed by atoms with Crippen molar-refractivity contribution in [3.05, 3.63) is 83.7 Å². The topological polar surface area (TPSA) is 70.1 Å². The number of halogens is 1. The van der Waals surface area contributed by atoms with E-state index in [2.05, 4.69) is 11.5 Å². The van der Waals surface area contributed by atoms with Crippen LogP contribution in [0.25, 0.3) is 5.76 Å². The Hall–Kier alpha value is -3.45. The zero-order valence-corrected chi connectivity index (χ0v) is 19.0. The summed E-state index contributed by atoms with van der Waals surface area (Å²) in [6.07, 6.45) is 1.64. The zero-order valence-electron chi connectivity index (χ0n) is 19.0. The average Bonchev–Trinajstić information content (AvgIpc) is 3.08. The number of ketones is 1. The number of rotatable bonds is 10. The van der Waals surface area contributed by atoms with Crippen LogP contribution in [0.5, 0.6) is 5.75 Å². The molecule has 174 valence electrons. The number of likely N-dealkylation sites (tertiary alicyclic amines) is 1. The molecule has 2 aromatic rings. The van der Waals surface area contributed by atoms with Gasteiger partial charge in [0.2, 0.25) is 0 Å². The molecule has 0 bridgehead atoms. The van der Waals surface area contributed by atoms with Crippen LogP contribution >= 0.6 is 0 Å². The fourth-order valence-corrected chi connectivity index (χ4v) is 3.91. The lowest BCUT2D eigenvalue weighted by Gasteiger charge is -2.28. The number of amides is 1. The van der Waals surface area contributed by atoms with E-state index in [4.69, 9.17) is 4.74 Å². The van der Waals surface area contributed by atoms with E-state index in [1.165, 1.54) is 29.2 Å². The van der Waals surface area contributed by atoms with Crippen molar-refractivity contribution in [2.24, 2.45) is 0 Å². The Kier molecular flexibility index (Phi) is 8.01. The van der Waals surface area contributed by atoms with Gasteiger partial charge < -0.3 is 19.6 Å². The molecule has 1 aliphatic rings. The summed E-state index contributed by atoms with van der Waals surface area (Å²) < 4.78 is 18.9. The predicted molar refractivity (Wildman–Crippen MR) is 125 cm³/mol. The molecular formula is C26H29FN2O4. The van der Waals surface area contributed by atoms with Gasteiger partial charge in [0.15, 0.2) is 0 Å². The summed E-state index contributed by atoms with van der Waals surface area (Å²) in [7, 11) is 0. The number of nitrogens with zero attached hydrogens (tertiary/aromatic N) is 2. The van der Waals surface area contributed by atoms with E-state index in [1.54, 1.807) is 30.3 Å². The van der Waals surface area contributed by atoms with Gasteiger partial charge >= 0.3 is 0 Å². The molecule has 1 amide bonds. The first-order valence-electron chi connectivity index (χ1n) is 11.0. The number of ether oxygens (including phenoxy) is 1. The fourth-order valence-electron chi connectivity index (χ4n) is 3.91. The van der Waals surface area contributed by atoms with Gasteiger partial charge in [-0.15, -0.1) is 0 Å². The van der Waals surface area contributed by atoms with E-state index in [-0.39, 0.29) is 16.9 Å². The molecule has 7 heteroatoms. The monoisotopic (exact) mass is 452 g/mol. The van der Waals surface area contributed by atoms with Crippen LogP contribution in [0.1, 0.15) is 31.0 Å². The molecule has 0 radical (unpaired) electrons. The van der Waals surface area contributed by atoms with Crippen molar-refractivity contribution in [2.75, 3.05) is 32.8 Å². The normalized spacial score (nSPS) is 17.6. The van der Waals surface area contributed by atoms with Gasteiger partial charge in [0.05, 0.1) is 11.6 Å². The Morgan fingerprint density at radius 3 is 2.33 bits per heavy atom. The predicted octanol–water partition coefficient (Wildman–Crippen LogP) is 4.15. The summed E-state index contributed by atoms with van der Waals surface area (Å²) in [6, 6.07) is 11.5. The highest BCUT2D eigenvalue weighted by molar-refractivity contribution is 6.46. The maximum absolute atomic E-state index is 13.4. The van der Waals surface area contributed by atoms with Crippen LogP contribution in [0.4, 0.5) is 4.39 Å². The zero-order chi connectivity index (χ0) is 24.0. The van der Waals surface area contributed by atoms with Crippen LogP contribution in [0.2, 0.25) is 0 Å². The highest BCUT2D eigenvalue weighted by atomic mass is 19.1. The summed E-state index contributed by atoms with van der Waals surface area (Å²) in [6.45, 7) is 10.6. The van der Waals surface area contributed by atoms with Gasteiger partial charge in [0.25, 0.3) is 11.7 Å². The van der Waals surface area contributed by atoms with Crippen molar-refractivity contribution in [2.45, 2.75) is 19.9 Å². The lowest BCUT2D eigenvalue weighted by molar-refractivity contribution is -0.140. The van der Waals surface area contributed by atoms with Crippen LogP contribution in [0, 0.1) is 5.82 Å². The Morgan fingerprint density at radius 2 is 1.76 bits per heavy atom. The fraction of sp³-hybridized carbons (Fsp3) is 0.308. The number of Topliss-reactive ketones (excluding diaryl/α,β-unsaturated/α-hetero) is 1. The third-order valence-corrected chi connectivity index (χ3v) is 5.77. The van der Waals surface area contributed by atoms with Gasteiger partial charge in [-0.25, -0.2) is 4.39 Å². The first-order chi connectivity index (χ1) is 15.9. The van der Waals surface area contributed by atoms with Crippen molar-refractivity contribution in [1.82, 2.24) is 9.80 Å². The highest BCUT2D eigenvalue weighted by Crippen LogP contribution is 2.39. The Balaban J connectivity index is 2.05. The SMILES string of the molecule is C=CCOc1ccc(C2/C(=C(/O)c3ccc(F)cc3)C(=O)C(=O)N2CCN(CC)CC)cc1. The summed E-state index contributed by atoms with van der Waals surface area (Å²) in [5, 5.41) is 11.0. The largest absolute Gasteiger partial charge is 0.507 e. The van der Waals surface area contributed by atoms with Gasteiger partial charge in [-0.2, -0.15) is 0 Å². The quantitative estimate of drug-likeness (QED) is 0.254. The summed E-state index contributed by atoms with van der Waals surface area (Å²) in [5.74, 6) is -1.58. The molecule has 33 heavy (non-hydrogen) atoms. The molecule has 2 aromatic carbocycles. The van der Waals surface area contributed by atoms with Crippen molar-refractivity contribution in [3.63, 3.8) is 0 Å². The second kappa shape index (κ2) is 10.9. The van der Waals surface area contributed by atoms with Crippen LogP contribution in [-0.4, -0.2) is 59.4 Å². The first kappa shape index (κ1) is 24.2. The molecule has 6 nitrogen and oxygen atoms in total. The molecule has 1 fully saturated rings. The number of carbonyl (C=O) groups excluding carboxylic acids is 2. The van der Waals surface area contributed by atoms with Gasteiger partial charge in [0, 0.05) is 18.7 Å². The average molecular weight is 453 g/mol. The van der Waals surface area contributed by atoms with Crippen LogP contribution in [0.3, 0.4) is 0 Å². The van der Waals surface area contributed by atoms with E-state index in [0.29, 0.717) is 31.0 Å². The lowest BCUT2D eigenvalue weighted by atomic mass is 9.95. The molecule has 1 heterocycles. The lowest BCUT2D eigenvalue weighted by Crippen LogP contribution is -2.38. The van der Waals surface area contributed by atoms with Crippen molar-refractivity contribution in [1.29, 1.82) is 0 Å². The number of carbonyl (C=O) groups is 2. The van der Waals surface area contributed by atoms with Crippen molar-refractivity contribution >= 4 is 17.4 Å². The van der Waals surface area contributed by atoms with Crippen molar-refractivity contribution < 1.29 is 23.8 Å². The van der Waals surface area contributed by atoms with Crippen LogP contribution < -0.4 is 4.74 Å². The third kappa shape index (κ3) is 5.31. The molecule has 0 aromatic heterocycles. The smallest absolute Gasteiger partial charge is 0.295 e. The number of hydrogen-bond donors (Lipinski definition) is 1. The number of hydrogen-bond acceptors (Lipinski definition) is 5.